The van der Waals surface area contributed by atoms with Crippen molar-refractivity contribution in [3.63, 3.8) is 0 Å². The van der Waals surface area contributed by atoms with Crippen molar-refractivity contribution < 1.29 is 14.3 Å². The second-order valence-electron chi connectivity index (χ2n) is 4.53. The summed E-state index contributed by atoms with van der Waals surface area (Å²) in [5.74, 6) is 0.0885. The summed E-state index contributed by atoms with van der Waals surface area (Å²) in [5.41, 5.74) is 0.738. The van der Waals surface area contributed by atoms with Gasteiger partial charge in [-0.25, -0.2) is 0 Å². The van der Waals surface area contributed by atoms with Crippen LogP contribution in [0.3, 0.4) is 0 Å². The molecule has 1 aromatic rings. The molecule has 1 rings (SSSR count). The zero-order chi connectivity index (χ0) is 13.4. The summed E-state index contributed by atoms with van der Waals surface area (Å²) in [6.45, 7) is 3.72. The van der Waals surface area contributed by atoms with Crippen LogP contribution in [0.15, 0.2) is 24.4 Å². The summed E-state index contributed by atoms with van der Waals surface area (Å²) in [7, 11) is 0. The Labute approximate surface area is 107 Å². The van der Waals surface area contributed by atoms with E-state index >= 15 is 0 Å². The molecule has 1 heterocycles. The number of hydrogen-bond acceptors (Lipinski definition) is 4. The van der Waals surface area contributed by atoms with E-state index < -0.39 is 0 Å². The van der Waals surface area contributed by atoms with Gasteiger partial charge in [-0.1, -0.05) is 13.0 Å². The summed E-state index contributed by atoms with van der Waals surface area (Å²) in [6, 6.07) is 5.48. The largest absolute Gasteiger partial charge is 0.459 e. The number of aromatic nitrogens is 1. The van der Waals surface area contributed by atoms with E-state index in [1.807, 2.05) is 25.1 Å². The molecule has 18 heavy (non-hydrogen) atoms. The van der Waals surface area contributed by atoms with E-state index in [1.54, 1.807) is 13.1 Å². The fraction of sp³-hybridized carbons (Fsp3) is 0.500. The number of nitrogens with zero attached hydrogens (tertiary/aromatic N) is 1. The maximum atomic E-state index is 11.5. The molecular formula is C14H19NO3. The van der Waals surface area contributed by atoms with E-state index in [-0.39, 0.29) is 24.3 Å². The predicted molar refractivity (Wildman–Crippen MR) is 67.7 cm³/mol. The number of pyridine rings is 1. The first-order chi connectivity index (χ1) is 8.58. The first kappa shape index (κ1) is 14.4. The number of Topliss-reactive ketones (excluding diaryl/α,β-unsaturated/α-hetero) is 1. The van der Waals surface area contributed by atoms with E-state index in [0.29, 0.717) is 12.8 Å². The highest BCUT2D eigenvalue weighted by molar-refractivity contribution is 5.75. The first-order valence-corrected chi connectivity index (χ1v) is 6.13. The average Bonchev–Trinajstić information content (AvgIpc) is 2.35. The van der Waals surface area contributed by atoms with Gasteiger partial charge in [0.15, 0.2) is 0 Å². The molecule has 0 N–H and O–H groups in total. The van der Waals surface area contributed by atoms with Gasteiger partial charge in [0.1, 0.15) is 12.4 Å². The van der Waals surface area contributed by atoms with Crippen LogP contribution < -0.4 is 0 Å². The zero-order valence-electron chi connectivity index (χ0n) is 10.9. The van der Waals surface area contributed by atoms with E-state index in [4.69, 9.17) is 4.74 Å². The molecule has 0 fully saturated rings. The molecule has 0 amide bonds. The van der Waals surface area contributed by atoms with Crippen molar-refractivity contribution >= 4 is 11.8 Å². The van der Waals surface area contributed by atoms with E-state index in [0.717, 1.165) is 12.1 Å². The minimum absolute atomic E-state index is 0.156. The predicted octanol–water partition coefficient (Wildman–Crippen LogP) is 2.52. The van der Waals surface area contributed by atoms with Crippen LogP contribution in [0.2, 0.25) is 0 Å². The molecular weight excluding hydrogens is 230 g/mol. The topological polar surface area (TPSA) is 56.3 Å². The van der Waals surface area contributed by atoms with Gasteiger partial charge in [0.05, 0.1) is 5.69 Å². The Morgan fingerprint density at radius 2 is 2.17 bits per heavy atom. The normalized spacial score (nSPS) is 11.9. The van der Waals surface area contributed by atoms with Crippen molar-refractivity contribution in [3.8, 4) is 0 Å². The molecule has 0 bridgehead atoms. The van der Waals surface area contributed by atoms with Crippen molar-refractivity contribution in [1.82, 2.24) is 4.98 Å². The van der Waals surface area contributed by atoms with Crippen LogP contribution in [-0.4, -0.2) is 16.7 Å². The van der Waals surface area contributed by atoms with Gasteiger partial charge in [0.25, 0.3) is 0 Å². The van der Waals surface area contributed by atoms with Crippen LogP contribution in [0.25, 0.3) is 0 Å². The first-order valence-electron chi connectivity index (χ1n) is 6.13. The van der Waals surface area contributed by atoms with Crippen LogP contribution in [0.5, 0.6) is 0 Å². The molecule has 1 aromatic heterocycles. The van der Waals surface area contributed by atoms with Crippen molar-refractivity contribution in [2.75, 3.05) is 0 Å². The van der Waals surface area contributed by atoms with Crippen molar-refractivity contribution in [1.29, 1.82) is 0 Å². The Morgan fingerprint density at radius 1 is 1.39 bits per heavy atom. The molecule has 0 spiro atoms. The Balaban J connectivity index is 2.23. The summed E-state index contributed by atoms with van der Waals surface area (Å²) in [6.07, 6.45) is 3.27. The number of esters is 1. The molecule has 98 valence electrons. The van der Waals surface area contributed by atoms with Gasteiger partial charge in [-0.05, 0) is 31.4 Å². The third-order valence-corrected chi connectivity index (χ3v) is 2.61. The maximum Gasteiger partial charge on any atom is 0.306 e. The van der Waals surface area contributed by atoms with Gasteiger partial charge in [0, 0.05) is 19.0 Å². The molecule has 0 aliphatic carbocycles. The van der Waals surface area contributed by atoms with Crippen LogP contribution in [0, 0.1) is 5.92 Å². The second-order valence-corrected chi connectivity index (χ2v) is 4.53. The second kappa shape index (κ2) is 7.58. The fourth-order valence-electron chi connectivity index (χ4n) is 1.53. The van der Waals surface area contributed by atoms with Crippen molar-refractivity contribution in [2.24, 2.45) is 5.92 Å². The fourth-order valence-corrected chi connectivity index (χ4v) is 1.53. The molecule has 0 aromatic carbocycles. The molecule has 0 aliphatic heterocycles. The van der Waals surface area contributed by atoms with Gasteiger partial charge in [0.2, 0.25) is 0 Å². The van der Waals surface area contributed by atoms with Crippen molar-refractivity contribution in [2.45, 2.75) is 39.7 Å². The molecule has 0 aliphatic rings. The lowest BCUT2D eigenvalue weighted by Gasteiger charge is -2.09. The van der Waals surface area contributed by atoms with Crippen LogP contribution in [0.4, 0.5) is 0 Å². The summed E-state index contributed by atoms with van der Waals surface area (Å²) in [4.78, 5) is 26.4. The SMILES string of the molecule is CC(=O)CCC(C)CC(=O)OCc1ccccn1. The van der Waals surface area contributed by atoms with Gasteiger partial charge in [-0.3, -0.25) is 9.78 Å². The summed E-state index contributed by atoms with van der Waals surface area (Å²) >= 11 is 0. The number of carbonyl (C=O) groups excluding carboxylic acids is 2. The molecule has 1 unspecified atom stereocenters. The molecule has 4 nitrogen and oxygen atoms in total. The zero-order valence-corrected chi connectivity index (χ0v) is 10.9. The minimum Gasteiger partial charge on any atom is -0.459 e. The third kappa shape index (κ3) is 6.13. The molecule has 0 saturated heterocycles. The lowest BCUT2D eigenvalue weighted by atomic mass is 10.0. The van der Waals surface area contributed by atoms with E-state index in [1.165, 1.54) is 0 Å². The van der Waals surface area contributed by atoms with Crippen molar-refractivity contribution in [3.05, 3.63) is 30.1 Å². The average molecular weight is 249 g/mol. The number of ether oxygens (including phenoxy) is 1. The Hall–Kier alpha value is -1.71. The smallest absolute Gasteiger partial charge is 0.306 e. The monoisotopic (exact) mass is 249 g/mol. The van der Waals surface area contributed by atoms with Gasteiger partial charge < -0.3 is 9.53 Å². The summed E-state index contributed by atoms with van der Waals surface area (Å²) < 4.78 is 5.12. The van der Waals surface area contributed by atoms with Crippen LogP contribution in [-0.2, 0) is 20.9 Å². The number of hydrogen-bond donors (Lipinski definition) is 0. The Morgan fingerprint density at radius 3 is 2.78 bits per heavy atom. The van der Waals surface area contributed by atoms with Crippen LogP contribution >= 0.6 is 0 Å². The van der Waals surface area contributed by atoms with Gasteiger partial charge in [-0.15, -0.1) is 0 Å². The number of rotatable bonds is 7. The minimum atomic E-state index is -0.239. The van der Waals surface area contributed by atoms with E-state index in [9.17, 15) is 9.59 Å². The van der Waals surface area contributed by atoms with Gasteiger partial charge >= 0.3 is 5.97 Å². The van der Waals surface area contributed by atoms with Gasteiger partial charge in [-0.2, -0.15) is 0 Å². The maximum absolute atomic E-state index is 11.5. The van der Waals surface area contributed by atoms with E-state index in [2.05, 4.69) is 4.98 Å². The number of carbonyl (C=O) groups is 2. The Kier molecular flexibility index (Phi) is 6.05. The summed E-state index contributed by atoms with van der Waals surface area (Å²) in [5, 5.41) is 0. The Bertz CT molecular complexity index is 389. The number of ketones is 1. The lowest BCUT2D eigenvalue weighted by molar-refractivity contribution is -0.146. The third-order valence-electron chi connectivity index (χ3n) is 2.61. The lowest BCUT2D eigenvalue weighted by Crippen LogP contribution is -2.10. The quantitative estimate of drug-likeness (QED) is 0.697. The highest BCUT2D eigenvalue weighted by Gasteiger charge is 2.11. The molecule has 0 saturated carbocycles. The van der Waals surface area contributed by atoms with Crippen LogP contribution in [0.1, 0.15) is 38.8 Å². The highest BCUT2D eigenvalue weighted by atomic mass is 16.5. The molecule has 1 atom stereocenters. The standard InChI is InChI=1S/C14H19NO3/c1-11(6-7-12(2)16)9-14(17)18-10-13-5-3-4-8-15-13/h3-5,8,11H,6-7,9-10H2,1-2H3. The molecule has 0 radical (unpaired) electrons. The molecule has 4 heteroatoms. The highest BCUT2D eigenvalue weighted by Crippen LogP contribution is 2.12.